The summed E-state index contributed by atoms with van der Waals surface area (Å²) >= 11 is 0. The largest absolute Gasteiger partial charge is 0.550 e. The van der Waals surface area contributed by atoms with E-state index in [0.717, 1.165) is 0 Å². The zero-order chi connectivity index (χ0) is 28.9. The molecule has 3 rings (SSSR count). The van der Waals surface area contributed by atoms with Gasteiger partial charge in [0.1, 0.15) is 11.6 Å². The predicted octanol–water partition coefficient (Wildman–Crippen LogP) is 3.04. The van der Waals surface area contributed by atoms with Crippen LogP contribution in [0.4, 0.5) is 8.78 Å². The van der Waals surface area contributed by atoms with E-state index in [1.807, 2.05) is 13.8 Å². The number of hydrogen-bond acceptors (Lipinski definition) is 6. The predicted molar refractivity (Wildman–Crippen MR) is 139 cm³/mol. The Labute approximate surface area is 226 Å². The molecule has 1 heterocycles. The second kappa shape index (κ2) is 12.9. The molecule has 2 N–H and O–H groups in total. The van der Waals surface area contributed by atoms with Gasteiger partial charge in [-0.1, -0.05) is 26.0 Å². The normalized spacial score (nSPS) is 12.9. The molecule has 10 heteroatoms. The highest BCUT2D eigenvalue weighted by atomic mass is 19.1. The molecule has 0 unspecified atom stereocenters. The lowest BCUT2D eigenvalue weighted by Crippen LogP contribution is -2.29. The second-order valence-electron chi connectivity index (χ2n) is 10.1. The molecule has 1 amide bonds. The molecule has 2 aromatic carbocycles. The van der Waals surface area contributed by atoms with E-state index in [4.69, 9.17) is 0 Å². The van der Waals surface area contributed by atoms with Crippen LogP contribution in [0.1, 0.15) is 71.9 Å². The fraction of sp³-hybridized carbons (Fsp3) is 0.414. The van der Waals surface area contributed by atoms with Crippen LogP contribution in [0.2, 0.25) is 0 Å². The maximum absolute atomic E-state index is 14.1. The summed E-state index contributed by atoms with van der Waals surface area (Å²) in [5.74, 6) is -2.74. The van der Waals surface area contributed by atoms with Gasteiger partial charge < -0.3 is 25.0 Å². The van der Waals surface area contributed by atoms with Crippen LogP contribution >= 0.6 is 0 Å². The number of aliphatic carboxylic acids is 1. The number of aliphatic hydroxyl groups is 2. The summed E-state index contributed by atoms with van der Waals surface area (Å²) in [7, 11) is 1.61. The summed E-state index contributed by atoms with van der Waals surface area (Å²) in [6.45, 7) is 5.62. The van der Waals surface area contributed by atoms with E-state index in [2.05, 4.69) is 5.10 Å². The second-order valence-corrected chi connectivity index (χ2v) is 10.1. The lowest BCUT2D eigenvalue weighted by Gasteiger charge is -2.19. The molecule has 39 heavy (non-hydrogen) atoms. The van der Waals surface area contributed by atoms with Crippen molar-refractivity contribution in [1.29, 1.82) is 0 Å². The molecular weight excluding hydrogens is 508 g/mol. The third-order valence-corrected chi connectivity index (χ3v) is 6.67. The monoisotopic (exact) mass is 542 g/mol. The minimum absolute atomic E-state index is 0.154. The van der Waals surface area contributed by atoms with Gasteiger partial charge in [0.25, 0.3) is 5.91 Å². The summed E-state index contributed by atoms with van der Waals surface area (Å²) in [5.41, 5.74) is 3.09. The van der Waals surface area contributed by atoms with Crippen molar-refractivity contribution in [2.45, 2.75) is 71.1 Å². The number of hydrogen-bond donors (Lipinski definition) is 2. The number of aromatic nitrogens is 2. The summed E-state index contributed by atoms with van der Waals surface area (Å²) in [6, 6.07) is 10.3. The minimum atomic E-state index is -1.41. The van der Waals surface area contributed by atoms with Crippen molar-refractivity contribution in [3.8, 4) is 5.69 Å². The van der Waals surface area contributed by atoms with Gasteiger partial charge in [-0.15, -0.1) is 0 Å². The van der Waals surface area contributed by atoms with Crippen LogP contribution in [0.5, 0.6) is 0 Å². The molecule has 3 aromatic rings. The van der Waals surface area contributed by atoms with E-state index in [0.29, 0.717) is 28.1 Å². The molecule has 0 bridgehead atoms. The molecule has 0 saturated heterocycles. The third kappa shape index (κ3) is 7.48. The average Bonchev–Trinajstić information content (AvgIpc) is 3.24. The Morgan fingerprint density at radius 1 is 1.08 bits per heavy atom. The van der Waals surface area contributed by atoms with Gasteiger partial charge in [-0.05, 0) is 73.6 Å². The molecular formula is C29H34F2N3O5-. The number of carbonyl (C=O) groups is 2. The Hall–Kier alpha value is -3.63. The molecule has 0 aliphatic carbocycles. The highest BCUT2D eigenvalue weighted by Crippen LogP contribution is 2.29. The van der Waals surface area contributed by atoms with E-state index in [1.54, 1.807) is 30.8 Å². The van der Waals surface area contributed by atoms with Crippen LogP contribution < -0.4 is 5.11 Å². The number of nitrogens with zero attached hydrogens (tertiary/aromatic N) is 3. The zero-order valence-electron chi connectivity index (χ0n) is 22.5. The Kier molecular flexibility index (Phi) is 9.93. The smallest absolute Gasteiger partial charge is 0.274 e. The van der Waals surface area contributed by atoms with Gasteiger partial charge in [0.15, 0.2) is 5.69 Å². The van der Waals surface area contributed by atoms with Gasteiger partial charge in [-0.25, -0.2) is 13.5 Å². The van der Waals surface area contributed by atoms with Crippen molar-refractivity contribution >= 4 is 11.9 Å². The first-order valence-corrected chi connectivity index (χ1v) is 12.8. The van der Waals surface area contributed by atoms with Crippen LogP contribution in [-0.2, 0) is 17.8 Å². The van der Waals surface area contributed by atoms with Crippen molar-refractivity contribution in [3.63, 3.8) is 0 Å². The van der Waals surface area contributed by atoms with Gasteiger partial charge in [-0.2, -0.15) is 5.10 Å². The first-order chi connectivity index (χ1) is 18.4. The summed E-state index contributed by atoms with van der Waals surface area (Å²) in [5, 5.41) is 35.7. The van der Waals surface area contributed by atoms with Crippen LogP contribution in [0, 0.1) is 18.6 Å². The Balaban J connectivity index is 1.97. The lowest BCUT2D eigenvalue weighted by molar-refractivity contribution is -0.307. The van der Waals surface area contributed by atoms with Crippen molar-refractivity contribution < 1.29 is 33.7 Å². The molecule has 0 fully saturated rings. The number of rotatable bonds is 12. The summed E-state index contributed by atoms with van der Waals surface area (Å²) in [4.78, 5) is 25.9. The third-order valence-electron chi connectivity index (χ3n) is 6.67. The molecule has 0 aliphatic rings. The Morgan fingerprint density at radius 3 is 2.36 bits per heavy atom. The number of carboxylic acid groups (broad SMARTS) is 1. The first-order valence-electron chi connectivity index (χ1n) is 12.8. The Morgan fingerprint density at radius 2 is 1.74 bits per heavy atom. The fourth-order valence-corrected chi connectivity index (χ4v) is 4.61. The van der Waals surface area contributed by atoms with Gasteiger partial charge in [0.2, 0.25) is 0 Å². The molecule has 0 radical (unpaired) electrons. The minimum Gasteiger partial charge on any atom is -0.550 e. The van der Waals surface area contributed by atoms with Gasteiger partial charge in [0, 0.05) is 37.2 Å². The first kappa shape index (κ1) is 29.9. The zero-order valence-corrected chi connectivity index (χ0v) is 22.5. The van der Waals surface area contributed by atoms with E-state index in [1.165, 1.54) is 35.2 Å². The van der Waals surface area contributed by atoms with Gasteiger partial charge in [-0.3, -0.25) is 4.79 Å². The number of benzene rings is 2. The fourth-order valence-electron chi connectivity index (χ4n) is 4.61. The SMILES string of the molecule is Cc1c(F)cccc1CN(C)C(=O)c1nn(-c2ccc(F)cc2)c(CC[C@@H](O)C[C@@H](O)CC(=O)[O-])c1C(C)C. The number of carbonyl (C=O) groups excluding carboxylic acids is 2. The maximum Gasteiger partial charge on any atom is 0.274 e. The van der Waals surface area contributed by atoms with Crippen molar-refractivity contribution in [1.82, 2.24) is 14.7 Å². The topological polar surface area (TPSA) is 119 Å². The molecule has 0 spiro atoms. The van der Waals surface area contributed by atoms with Crippen molar-refractivity contribution in [3.05, 3.63) is 82.2 Å². The lowest BCUT2D eigenvalue weighted by atomic mass is 9.95. The van der Waals surface area contributed by atoms with Crippen LogP contribution in [0.15, 0.2) is 42.5 Å². The van der Waals surface area contributed by atoms with Crippen molar-refractivity contribution in [2.75, 3.05) is 7.05 Å². The molecule has 0 aliphatic heterocycles. The molecule has 8 nitrogen and oxygen atoms in total. The quantitative estimate of drug-likeness (QED) is 0.363. The number of aliphatic hydroxyl groups excluding tert-OH is 2. The van der Waals surface area contributed by atoms with Crippen LogP contribution in [-0.4, -0.2) is 56.0 Å². The number of halogens is 2. The van der Waals surface area contributed by atoms with E-state index in [9.17, 15) is 33.7 Å². The number of carboxylic acids is 1. The summed E-state index contributed by atoms with van der Waals surface area (Å²) in [6.07, 6.45) is -2.61. The maximum atomic E-state index is 14.1. The standard InChI is InChI=1S/C29H35F2N3O5/c1-17(2)27-25(13-12-22(35)14-23(36)15-26(37)38)34(21-10-8-20(30)9-11-21)32-28(27)29(39)33(4)16-19-6-5-7-24(31)18(19)3/h5-11,17,22-23,35-36H,12-16H2,1-4H3,(H,37,38)/p-1/t22-,23-/m1/s1. The van der Waals surface area contributed by atoms with E-state index in [-0.39, 0.29) is 49.1 Å². The van der Waals surface area contributed by atoms with E-state index >= 15 is 0 Å². The Bertz CT molecular complexity index is 1310. The molecule has 1 aromatic heterocycles. The molecule has 2 atom stereocenters. The van der Waals surface area contributed by atoms with Crippen molar-refractivity contribution in [2.24, 2.45) is 0 Å². The summed E-state index contributed by atoms with van der Waals surface area (Å²) < 4.78 is 29.3. The highest BCUT2D eigenvalue weighted by molar-refractivity contribution is 5.94. The van der Waals surface area contributed by atoms with Crippen LogP contribution in [0.3, 0.4) is 0 Å². The molecule has 0 saturated carbocycles. The number of amides is 1. The molecule has 210 valence electrons. The van der Waals surface area contributed by atoms with Gasteiger partial charge in [0.05, 0.1) is 17.9 Å². The van der Waals surface area contributed by atoms with Crippen LogP contribution in [0.25, 0.3) is 5.69 Å². The van der Waals surface area contributed by atoms with E-state index < -0.39 is 30.4 Å². The highest BCUT2D eigenvalue weighted by Gasteiger charge is 2.28. The average molecular weight is 543 g/mol. The van der Waals surface area contributed by atoms with Gasteiger partial charge >= 0.3 is 0 Å².